The van der Waals surface area contributed by atoms with Crippen molar-refractivity contribution in [2.45, 2.75) is 32.9 Å². The summed E-state index contributed by atoms with van der Waals surface area (Å²) in [5.74, 6) is 0.606. The topological polar surface area (TPSA) is 53.8 Å². The predicted molar refractivity (Wildman–Crippen MR) is 48.3 cm³/mol. The van der Waals surface area contributed by atoms with Gasteiger partial charge in [-0.05, 0) is 25.6 Å². The first-order valence-corrected chi connectivity index (χ1v) is 4.38. The molecule has 0 aromatic carbocycles. The van der Waals surface area contributed by atoms with Gasteiger partial charge in [-0.15, -0.1) is 0 Å². The highest BCUT2D eigenvalue weighted by atomic mass is 32.1. The van der Waals surface area contributed by atoms with Gasteiger partial charge in [0, 0.05) is 6.04 Å². The molecule has 0 radical (unpaired) electrons. The van der Waals surface area contributed by atoms with E-state index in [1.807, 2.05) is 11.5 Å². The fraction of sp³-hybridized carbons (Fsp3) is 0.714. The summed E-state index contributed by atoms with van der Waals surface area (Å²) in [5.41, 5.74) is 0. The molecular weight excluding hydrogens is 174 g/mol. The molecule has 1 aromatic heterocycles. The van der Waals surface area contributed by atoms with Gasteiger partial charge in [0.25, 0.3) is 0 Å². The number of H-pyrrole nitrogens is 1. The minimum absolute atomic E-state index is 0.0719. The molecule has 0 saturated carbocycles. The number of hydrogen-bond acceptors (Lipinski definition) is 3. The summed E-state index contributed by atoms with van der Waals surface area (Å²) >= 11 is 5.02. The number of aromatic amines is 1. The van der Waals surface area contributed by atoms with Gasteiger partial charge in [0.15, 0.2) is 10.6 Å². The summed E-state index contributed by atoms with van der Waals surface area (Å²) in [6.07, 6.45) is 0.973. The van der Waals surface area contributed by atoms with E-state index in [0.717, 1.165) is 6.42 Å². The normalized spacial score (nSPS) is 13.2. The van der Waals surface area contributed by atoms with E-state index in [0.29, 0.717) is 16.6 Å². The third-order valence-corrected chi connectivity index (χ3v) is 2.24. The number of aliphatic hydroxyl groups excluding tert-OH is 1. The van der Waals surface area contributed by atoms with E-state index >= 15 is 0 Å². The van der Waals surface area contributed by atoms with Crippen molar-refractivity contribution in [2.75, 3.05) is 0 Å². The number of aliphatic hydroxyl groups is 1. The van der Waals surface area contributed by atoms with Crippen LogP contribution in [0.1, 0.15) is 32.1 Å². The van der Waals surface area contributed by atoms with Crippen LogP contribution in [0, 0.1) is 4.77 Å². The van der Waals surface area contributed by atoms with Crippen LogP contribution in [0.2, 0.25) is 0 Å². The Hall–Kier alpha value is -0.680. The second-order valence-electron chi connectivity index (χ2n) is 2.73. The van der Waals surface area contributed by atoms with Gasteiger partial charge in [0.05, 0.1) is 0 Å². The maximum Gasteiger partial charge on any atom is 0.195 e. The molecule has 0 aliphatic rings. The minimum Gasteiger partial charge on any atom is -0.388 e. The molecule has 1 rings (SSSR count). The molecule has 0 amide bonds. The highest BCUT2D eigenvalue weighted by Gasteiger charge is 2.09. The van der Waals surface area contributed by atoms with Crippen molar-refractivity contribution < 1.29 is 5.11 Å². The lowest BCUT2D eigenvalue weighted by molar-refractivity contribution is 0.260. The monoisotopic (exact) mass is 187 g/mol. The predicted octanol–water partition coefficient (Wildman–Crippen LogP) is 1.40. The van der Waals surface area contributed by atoms with Gasteiger partial charge in [0.2, 0.25) is 0 Å². The summed E-state index contributed by atoms with van der Waals surface area (Å²) in [5, 5.41) is 15.5. The lowest BCUT2D eigenvalue weighted by atomic mass is 10.2. The molecular formula is C7H13N3OS. The van der Waals surface area contributed by atoms with Crippen molar-refractivity contribution in [1.29, 1.82) is 0 Å². The SMILES string of the molecule is CCC(C)n1c(CO)n[nH]c1=S. The Morgan fingerprint density at radius 2 is 2.42 bits per heavy atom. The van der Waals surface area contributed by atoms with E-state index in [2.05, 4.69) is 17.1 Å². The second kappa shape index (κ2) is 3.82. The van der Waals surface area contributed by atoms with Crippen LogP contribution in [0.25, 0.3) is 0 Å². The van der Waals surface area contributed by atoms with Gasteiger partial charge in [-0.25, -0.2) is 0 Å². The summed E-state index contributed by atoms with van der Waals surface area (Å²) in [6, 6.07) is 0.290. The fourth-order valence-corrected chi connectivity index (χ4v) is 1.42. The Bertz CT molecular complexity index is 304. The van der Waals surface area contributed by atoms with Crippen molar-refractivity contribution >= 4 is 12.2 Å². The molecule has 0 spiro atoms. The Balaban J connectivity index is 3.10. The Morgan fingerprint density at radius 1 is 1.75 bits per heavy atom. The Kier molecular flexibility index (Phi) is 2.99. The van der Waals surface area contributed by atoms with Crippen LogP contribution in [0.5, 0.6) is 0 Å². The first-order chi connectivity index (χ1) is 5.70. The number of rotatable bonds is 3. The molecule has 0 aliphatic carbocycles. The van der Waals surface area contributed by atoms with Crippen molar-refractivity contribution in [3.05, 3.63) is 10.6 Å². The van der Waals surface area contributed by atoms with Gasteiger partial charge >= 0.3 is 0 Å². The first-order valence-electron chi connectivity index (χ1n) is 3.97. The van der Waals surface area contributed by atoms with Crippen LogP contribution in [0.15, 0.2) is 0 Å². The first kappa shape index (κ1) is 9.41. The lowest BCUT2D eigenvalue weighted by Gasteiger charge is -2.11. The molecule has 0 fully saturated rings. The van der Waals surface area contributed by atoms with Crippen LogP contribution >= 0.6 is 12.2 Å². The Morgan fingerprint density at radius 3 is 2.92 bits per heavy atom. The van der Waals surface area contributed by atoms with Crippen molar-refractivity contribution in [3.63, 3.8) is 0 Å². The minimum atomic E-state index is -0.0719. The fourth-order valence-electron chi connectivity index (χ4n) is 1.09. The summed E-state index contributed by atoms with van der Waals surface area (Å²) in [4.78, 5) is 0. The number of nitrogens with zero attached hydrogens (tertiary/aromatic N) is 2. The molecule has 2 N–H and O–H groups in total. The van der Waals surface area contributed by atoms with E-state index in [4.69, 9.17) is 17.3 Å². The number of aromatic nitrogens is 3. The van der Waals surface area contributed by atoms with Crippen molar-refractivity contribution in [3.8, 4) is 0 Å². The molecule has 68 valence electrons. The van der Waals surface area contributed by atoms with E-state index in [1.165, 1.54) is 0 Å². The average molecular weight is 187 g/mol. The molecule has 1 heterocycles. The molecule has 5 heteroatoms. The molecule has 0 saturated heterocycles. The third-order valence-electron chi connectivity index (χ3n) is 1.95. The third kappa shape index (κ3) is 1.56. The van der Waals surface area contributed by atoms with Crippen LogP contribution < -0.4 is 0 Å². The smallest absolute Gasteiger partial charge is 0.195 e. The molecule has 4 nitrogen and oxygen atoms in total. The zero-order valence-corrected chi connectivity index (χ0v) is 8.06. The van der Waals surface area contributed by atoms with Crippen LogP contribution in [-0.4, -0.2) is 19.9 Å². The van der Waals surface area contributed by atoms with Gasteiger partial charge in [-0.1, -0.05) is 6.92 Å². The van der Waals surface area contributed by atoms with E-state index in [9.17, 15) is 0 Å². The molecule has 0 aliphatic heterocycles. The average Bonchev–Trinajstić information content (AvgIpc) is 2.45. The lowest BCUT2D eigenvalue weighted by Crippen LogP contribution is -2.08. The molecule has 1 unspecified atom stereocenters. The number of hydrogen-bond donors (Lipinski definition) is 2. The maximum absolute atomic E-state index is 8.93. The van der Waals surface area contributed by atoms with Crippen molar-refractivity contribution in [1.82, 2.24) is 14.8 Å². The highest BCUT2D eigenvalue weighted by molar-refractivity contribution is 7.71. The van der Waals surface area contributed by atoms with Gasteiger partial charge < -0.3 is 5.11 Å². The van der Waals surface area contributed by atoms with Crippen LogP contribution in [0.3, 0.4) is 0 Å². The van der Waals surface area contributed by atoms with Gasteiger partial charge in [-0.3, -0.25) is 9.67 Å². The summed E-state index contributed by atoms with van der Waals surface area (Å²) < 4.78 is 2.42. The highest BCUT2D eigenvalue weighted by Crippen LogP contribution is 2.12. The maximum atomic E-state index is 8.93. The van der Waals surface area contributed by atoms with E-state index in [1.54, 1.807) is 0 Å². The van der Waals surface area contributed by atoms with E-state index < -0.39 is 0 Å². The largest absolute Gasteiger partial charge is 0.388 e. The summed E-state index contributed by atoms with van der Waals surface area (Å²) in [7, 11) is 0. The molecule has 1 aromatic rings. The van der Waals surface area contributed by atoms with Gasteiger partial charge in [0.1, 0.15) is 6.61 Å². The van der Waals surface area contributed by atoms with Crippen LogP contribution in [-0.2, 0) is 6.61 Å². The van der Waals surface area contributed by atoms with Gasteiger partial charge in [-0.2, -0.15) is 5.10 Å². The molecule has 0 bridgehead atoms. The zero-order valence-electron chi connectivity index (χ0n) is 7.24. The summed E-state index contributed by atoms with van der Waals surface area (Å²) in [6.45, 7) is 4.04. The second-order valence-corrected chi connectivity index (χ2v) is 3.12. The Labute approximate surface area is 76.2 Å². The molecule has 12 heavy (non-hydrogen) atoms. The van der Waals surface area contributed by atoms with Crippen molar-refractivity contribution in [2.24, 2.45) is 0 Å². The number of nitrogens with one attached hydrogen (secondary N) is 1. The molecule has 1 atom stereocenters. The zero-order chi connectivity index (χ0) is 9.14. The van der Waals surface area contributed by atoms with Crippen LogP contribution in [0.4, 0.5) is 0 Å². The quantitative estimate of drug-likeness (QED) is 0.703. The standard InChI is InChI=1S/C7H13N3OS/c1-3-5(2)10-6(4-11)8-9-7(10)12/h5,11H,3-4H2,1-2H3,(H,9,12). The van der Waals surface area contributed by atoms with E-state index in [-0.39, 0.29) is 6.61 Å².